The molecule has 0 saturated heterocycles. The number of rotatable bonds is 8. The first kappa shape index (κ1) is 27.3. The number of alkyl halides is 2. The van der Waals surface area contributed by atoms with Crippen molar-refractivity contribution in [1.29, 1.82) is 0 Å². The van der Waals surface area contributed by atoms with Gasteiger partial charge in [0.2, 0.25) is 0 Å². The number of nitrogens with zero attached hydrogens (tertiary/aromatic N) is 2. The lowest BCUT2D eigenvalue weighted by molar-refractivity contribution is 0.0485. The van der Waals surface area contributed by atoms with Crippen molar-refractivity contribution in [2.24, 2.45) is 10.9 Å². The third kappa shape index (κ3) is 13.3. The highest BCUT2D eigenvalue weighted by atomic mass is 127. The Morgan fingerprint density at radius 1 is 1.27 bits per heavy atom. The fraction of sp³-hybridized carbons (Fsp3) is 0.882. The average Bonchev–Trinajstić information content (AvgIpc) is 2.44. The molecule has 0 bridgehead atoms. The lowest BCUT2D eigenvalue weighted by atomic mass is 10.0. The van der Waals surface area contributed by atoms with E-state index >= 15 is 0 Å². The van der Waals surface area contributed by atoms with Crippen LogP contribution in [0.2, 0.25) is 0 Å². The van der Waals surface area contributed by atoms with E-state index in [1.54, 1.807) is 11.9 Å². The van der Waals surface area contributed by atoms with Gasteiger partial charge in [-0.15, -0.1) is 24.0 Å². The van der Waals surface area contributed by atoms with E-state index in [2.05, 4.69) is 15.6 Å². The number of guanidine groups is 1. The average molecular weight is 492 g/mol. The van der Waals surface area contributed by atoms with E-state index in [0.29, 0.717) is 25.5 Å². The Kier molecular flexibility index (Phi) is 14.0. The van der Waals surface area contributed by atoms with Gasteiger partial charge in [-0.05, 0) is 40.0 Å². The Morgan fingerprint density at radius 2 is 1.85 bits per heavy atom. The highest BCUT2D eigenvalue weighted by molar-refractivity contribution is 14.0. The lowest BCUT2D eigenvalue weighted by Crippen LogP contribution is -2.45. The molecule has 156 valence electrons. The molecular formula is C17H35F2IN4O2. The van der Waals surface area contributed by atoms with Gasteiger partial charge in [0, 0.05) is 26.2 Å². The van der Waals surface area contributed by atoms with Crippen LogP contribution in [-0.2, 0) is 4.74 Å². The maximum Gasteiger partial charge on any atom is 0.407 e. The van der Waals surface area contributed by atoms with Crippen molar-refractivity contribution in [3.05, 3.63) is 0 Å². The van der Waals surface area contributed by atoms with Crippen molar-refractivity contribution in [2.45, 2.75) is 66.0 Å². The predicted octanol–water partition coefficient (Wildman–Crippen LogP) is 3.71. The summed E-state index contributed by atoms with van der Waals surface area (Å²) in [5.41, 5.74) is -0.553. The topological polar surface area (TPSA) is 66.0 Å². The second-order valence-corrected chi connectivity index (χ2v) is 7.29. The van der Waals surface area contributed by atoms with Gasteiger partial charge in [0.05, 0.1) is 0 Å². The molecule has 26 heavy (non-hydrogen) atoms. The normalized spacial score (nSPS) is 13.3. The smallest absolute Gasteiger partial charge is 0.407 e. The van der Waals surface area contributed by atoms with Crippen molar-refractivity contribution in [3.8, 4) is 0 Å². The number of alkyl carbamates (subject to hydrolysis) is 1. The highest BCUT2D eigenvalue weighted by Gasteiger charge is 2.22. The SMILES string of the molecule is CCNC(=NCC(F)F)N(C)CCC(NC(=O)OC(C)(C)C)C(C)C.I. The number of carbonyl (C=O) groups excluding carboxylic acids is 1. The van der Waals surface area contributed by atoms with E-state index in [-0.39, 0.29) is 35.9 Å². The largest absolute Gasteiger partial charge is 0.444 e. The van der Waals surface area contributed by atoms with Crippen molar-refractivity contribution in [1.82, 2.24) is 15.5 Å². The first-order valence-corrected chi connectivity index (χ1v) is 8.73. The van der Waals surface area contributed by atoms with E-state index < -0.39 is 24.7 Å². The molecule has 0 saturated carbocycles. The van der Waals surface area contributed by atoms with Gasteiger partial charge in [-0.2, -0.15) is 0 Å². The molecule has 1 unspecified atom stereocenters. The van der Waals surface area contributed by atoms with Crippen LogP contribution in [0.25, 0.3) is 0 Å². The number of hydrogen-bond donors (Lipinski definition) is 2. The zero-order valence-electron chi connectivity index (χ0n) is 16.9. The Labute approximate surface area is 173 Å². The van der Waals surface area contributed by atoms with Gasteiger partial charge < -0.3 is 20.3 Å². The molecule has 0 aromatic rings. The molecule has 2 N–H and O–H groups in total. The predicted molar refractivity (Wildman–Crippen MR) is 113 cm³/mol. The van der Waals surface area contributed by atoms with E-state index in [0.717, 1.165) is 0 Å². The van der Waals surface area contributed by atoms with Crippen LogP contribution in [0.4, 0.5) is 13.6 Å². The number of ether oxygens (including phenoxy) is 1. The Balaban J connectivity index is 0. The van der Waals surface area contributed by atoms with Gasteiger partial charge in [-0.25, -0.2) is 18.6 Å². The number of amides is 1. The van der Waals surface area contributed by atoms with Gasteiger partial charge in [0.25, 0.3) is 6.43 Å². The lowest BCUT2D eigenvalue weighted by Gasteiger charge is -2.28. The van der Waals surface area contributed by atoms with Crippen LogP contribution in [0.3, 0.4) is 0 Å². The maximum atomic E-state index is 12.4. The molecule has 1 atom stereocenters. The molecule has 9 heteroatoms. The summed E-state index contributed by atoms with van der Waals surface area (Å²) in [7, 11) is 1.79. The minimum atomic E-state index is -2.47. The zero-order chi connectivity index (χ0) is 19.6. The monoisotopic (exact) mass is 492 g/mol. The van der Waals surface area contributed by atoms with Crippen molar-refractivity contribution >= 4 is 36.0 Å². The molecule has 6 nitrogen and oxygen atoms in total. The van der Waals surface area contributed by atoms with E-state index in [1.165, 1.54) is 0 Å². The number of nitrogens with one attached hydrogen (secondary N) is 2. The van der Waals surface area contributed by atoms with Gasteiger partial charge in [0.1, 0.15) is 12.1 Å². The quantitative estimate of drug-likeness (QED) is 0.308. The number of carbonyl (C=O) groups is 1. The molecule has 0 fully saturated rings. The van der Waals surface area contributed by atoms with Crippen LogP contribution in [0.15, 0.2) is 4.99 Å². The summed E-state index contributed by atoms with van der Waals surface area (Å²) in [5, 5.41) is 5.87. The summed E-state index contributed by atoms with van der Waals surface area (Å²) < 4.78 is 30.1. The Hall–Kier alpha value is -0.870. The van der Waals surface area contributed by atoms with Gasteiger partial charge in [-0.1, -0.05) is 13.8 Å². The van der Waals surface area contributed by atoms with Crippen molar-refractivity contribution in [2.75, 3.05) is 26.7 Å². The molecule has 0 heterocycles. The second kappa shape index (κ2) is 13.3. The molecule has 0 aliphatic carbocycles. The molecule has 0 aromatic heterocycles. The summed E-state index contributed by atoms with van der Waals surface area (Å²) in [5.74, 6) is 0.643. The molecule has 0 aliphatic heterocycles. The van der Waals surface area contributed by atoms with Crippen LogP contribution in [0.5, 0.6) is 0 Å². The molecule has 0 radical (unpaired) electrons. The second-order valence-electron chi connectivity index (χ2n) is 7.29. The van der Waals surface area contributed by atoms with Crippen molar-refractivity contribution in [3.63, 3.8) is 0 Å². The summed E-state index contributed by atoms with van der Waals surface area (Å²) in [6.07, 6.45) is -2.28. The fourth-order valence-electron chi connectivity index (χ4n) is 2.09. The summed E-state index contributed by atoms with van der Waals surface area (Å²) >= 11 is 0. The van der Waals surface area contributed by atoms with Gasteiger partial charge in [0.15, 0.2) is 5.96 Å². The number of aliphatic imine (C=N–C) groups is 1. The third-order valence-electron chi connectivity index (χ3n) is 3.36. The first-order chi connectivity index (χ1) is 11.5. The molecule has 0 rings (SSSR count). The van der Waals surface area contributed by atoms with Crippen LogP contribution >= 0.6 is 24.0 Å². The molecule has 0 aromatic carbocycles. The fourth-order valence-corrected chi connectivity index (χ4v) is 2.09. The molecule has 0 spiro atoms. The van der Waals surface area contributed by atoms with Crippen LogP contribution in [0.1, 0.15) is 48.0 Å². The van der Waals surface area contributed by atoms with E-state index in [1.807, 2.05) is 41.5 Å². The molecule has 0 aliphatic rings. The first-order valence-electron chi connectivity index (χ1n) is 8.73. The van der Waals surface area contributed by atoms with Crippen LogP contribution in [-0.4, -0.2) is 61.7 Å². The summed E-state index contributed by atoms with van der Waals surface area (Å²) in [6, 6.07) is -0.0877. The van der Waals surface area contributed by atoms with E-state index in [4.69, 9.17) is 4.74 Å². The van der Waals surface area contributed by atoms with Crippen molar-refractivity contribution < 1.29 is 18.3 Å². The summed E-state index contributed by atoms with van der Waals surface area (Å²) in [6.45, 7) is 12.0. The standard InChI is InChI=1S/C17H34F2N4O2.HI/c1-8-20-15(21-11-14(18)19)23(7)10-9-13(12(2)3)22-16(24)25-17(4,5)6;/h12-14H,8-11H2,1-7H3,(H,20,21)(H,22,24);1H. The highest BCUT2D eigenvalue weighted by Crippen LogP contribution is 2.11. The Morgan fingerprint density at radius 3 is 2.27 bits per heavy atom. The number of halogens is 3. The van der Waals surface area contributed by atoms with Gasteiger partial charge in [-0.3, -0.25) is 0 Å². The van der Waals surface area contributed by atoms with Crippen LogP contribution in [0, 0.1) is 5.92 Å². The van der Waals surface area contributed by atoms with Gasteiger partial charge >= 0.3 is 6.09 Å². The minimum absolute atomic E-state index is 0. The third-order valence-corrected chi connectivity index (χ3v) is 3.36. The number of hydrogen-bond acceptors (Lipinski definition) is 3. The van der Waals surface area contributed by atoms with E-state index in [9.17, 15) is 13.6 Å². The zero-order valence-corrected chi connectivity index (χ0v) is 19.3. The Bertz CT molecular complexity index is 429. The molecule has 1 amide bonds. The summed E-state index contributed by atoms with van der Waals surface area (Å²) in [4.78, 5) is 17.7. The molecular weight excluding hydrogens is 457 g/mol. The van der Waals surface area contributed by atoms with Crippen LogP contribution < -0.4 is 10.6 Å². The maximum absolute atomic E-state index is 12.4. The minimum Gasteiger partial charge on any atom is -0.444 e.